The number of hydrogen-bond donors (Lipinski definition) is 2. The van der Waals surface area contributed by atoms with Crippen molar-refractivity contribution in [3.05, 3.63) is 35.9 Å². The van der Waals surface area contributed by atoms with Crippen LogP contribution in [0, 0.1) is 5.92 Å². The zero-order valence-electron chi connectivity index (χ0n) is 20.9. The van der Waals surface area contributed by atoms with Crippen LogP contribution in [0.2, 0.25) is 0 Å². The van der Waals surface area contributed by atoms with Crippen molar-refractivity contribution in [1.29, 1.82) is 0 Å². The minimum Gasteiger partial charge on any atom is -0.468 e. The van der Waals surface area contributed by atoms with Crippen LogP contribution >= 0.6 is 0 Å². The number of carbonyl (C=O) groups excluding carboxylic acids is 4. The standard InChI is InChI=1S/C24H37N3O7/c1-17(2)14-19(26-23(31)34-24(3,4)5)21(29)27(15-20(28)32-6)13-12-25-22(30)33-16-18-10-8-7-9-11-18/h7-11,17,19H,12-16H2,1-6H3,(H,25,30)(H,26,31)/t19-/m0/s1. The Labute approximate surface area is 201 Å². The van der Waals surface area contributed by atoms with E-state index < -0.39 is 35.7 Å². The van der Waals surface area contributed by atoms with Crippen LogP contribution in [0.25, 0.3) is 0 Å². The quantitative estimate of drug-likeness (QED) is 0.369. The molecule has 0 fully saturated rings. The van der Waals surface area contributed by atoms with Crippen molar-refractivity contribution in [2.45, 2.75) is 59.3 Å². The molecule has 0 radical (unpaired) electrons. The number of ether oxygens (including phenoxy) is 3. The monoisotopic (exact) mass is 479 g/mol. The fourth-order valence-electron chi connectivity index (χ4n) is 2.92. The maximum absolute atomic E-state index is 13.2. The highest BCUT2D eigenvalue weighted by Crippen LogP contribution is 2.11. The first-order valence-electron chi connectivity index (χ1n) is 11.2. The summed E-state index contributed by atoms with van der Waals surface area (Å²) < 4.78 is 15.1. The molecule has 1 aromatic rings. The molecule has 1 aromatic carbocycles. The minimum atomic E-state index is -0.912. The number of methoxy groups -OCH3 is 1. The fraction of sp³-hybridized carbons (Fsp3) is 0.583. The number of nitrogens with one attached hydrogen (secondary N) is 2. The molecule has 10 heteroatoms. The molecule has 0 aromatic heterocycles. The smallest absolute Gasteiger partial charge is 0.408 e. The van der Waals surface area contributed by atoms with Crippen molar-refractivity contribution < 1.29 is 33.4 Å². The predicted molar refractivity (Wildman–Crippen MR) is 126 cm³/mol. The summed E-state index contributed by atoms with van der Waals surface area (Å²) in [5, 5.41) is 5.16. The van der Waals surface area contributed by atoms with E-state index in [0.717, 1.165) is 5.56 Å². The second-order valence-electron chi connectivity index (χ2n) is 9.15. The van der Waals surface area contributed by atoms with Gasteiger partial charge in [0.25, 0.3) is 0 Å². The second-order valence-corrected chi connectivity index (χ2v) is 9.15. The lowest BCUT2D eigenvalue weighted by Gasteiger charge is -2.29. The first-order chi connectivity index (χ1) is 15.9. The molecular weight excluding hydrogens is 442 g/mol. The Morgan fingerprint density at radius 1 is 1.03 bits per heavy atom. The van der Waals surface area contributed by atoms with Gasteiger partial charge in [0.1, 0.15) is 24.8 Å². The van der Waals surface area contributed by atoms with E-state index in [1.807, 2.05) is 44.2 Å². The van der Waals surface area contributed by atoms with Gasteiger partial charge in [-0.2, -0.15) is 0 Å². The third-order valence-electron chi connectivity index (χ3n) is 4.42. The van der Waals surface area contributed by atoms with Gasteiger partial charge in [-0.05, 0) is 38.7 Å². The van der Waals surface area contributed by atoms with Crippen LogP contribution in [-0.4, -0.2) is 67.3 Å². The first-order valence-corrected chi connectivity index (χ1v) is 11.2. The molecule has 0 spiro atoms. The second kappa shape index (κ2) is 14.1. The van der Waals surface area contributed by atoms with E-state index >= 15 is 0 Å². The molecule has 34 heavy (non-hydrogen) atoms. The van der Waals surface area contributed by atoms with Gasteiger partial charge in [0, 0.05) is 13.1 Å². The normalized spacial score (nSPS) is 11.9. The van der Waals surface area contributed by atoms with Crippen molar-refractivity contribution in [2.75, 3.05) is 26.7 Å². The minimum absolute atomic E-state index is 0.0129. The number of nitrogens with zero attached hydrogens (tertiary/aromatic N) is 1. The van der Waals surface area contributed by atoms with E-state index in [0.29, 0.717) is 6.42 Å². The molecule has 0 heterocycles. The number of rotatable bonds is 11. The van der Waals surface area contributed by atoms with Crippen LogP contribution in [0.1, 0.15) is 46.6 Å². The van der Waals surface area contributed by atoms with Gasteiger partial charge in [-0.15, -0.1) is 0 Å². The Hall–Kier alpha value is -3.30. The summed E-state index contributed by atoms with van der Waals surface area (Å²) in [6, 6.07) is 8.29. The first kappa shape index (κ1) is 28.7. The van der Waals surface area contributed by atoms with E-state index in [2.05, 4.69) is 10.6 Å². The maximum Gasteiger partial charge on any atom is 0.408 e. The van der Waals surface area contributed by atoms with Gasteiger partial charge in [0.15, 0.2) is 0 Å². The molecular formula is C24H37N3O7. The van der Waals surface area contributed by atoms with Crippen LogP contribution in [0.5, 0.6) is 0 Å². The zero-order valence-corrected chi connectivity index (χ0v) is 20.9. The summed E-state index contributed by atoms with van der Waals surface area (Å²) in [5.41, 5.74) is 0.107. The SMILES string of the molecule is COC(=O)CN(CCNC(=O)OCc1ccccc1)C(=O)[C@H](CC(C)C)NC(=O)OC(C)(C)C. The summed E-state index contributed by atoms with van der Waals surface area (Å²) in [4.78, 5) is 50.6. The van der Waals surface area contributed by atoms with Crippen molar-refractivity contribution >= 4 is 24.1 Å². The molecule has 10 nitrogen and oxygen atoms in total. The van der Waals surface area contributed by atoms with Gasteiger partial charge in [0.05, 0.1) is 7.11 Å². The molecule has 0 bridgehead atoms. The summed E-state index contributed by atoms with van der Waals surface area (Å²) in [7, 11) is 1.22. The molecule has 0 aliphatic heterocycles. The molecule has 1 atom stereocenters. The Balaban J connectivity index is 2.76. The van der Waals surface area contributed by atoms with Gasteiger partial charge >= 0.3 is 18.2 Å². The Bertz CT molecular complexity index is 807. The lowest BCUT2D eigenvalue weighted by atomic mass is 10.0. The van der Waals surface area contributed by atoms with E-state index in [1.54, 1.807) is 20.8 Å². The Kier molecular flexibility index (Phi) is 11.9. The number of benzene rings is 1. The van der Waals surface area contributed by atoms with E-state index in [4.69, 9.17) is 14.2 Å². The topological polar surface area (TPSA) is 123 Å². The van der Waals surface area contributed by atoms with E-state index in [-0.39, 0.29) is 32.2 Å². The fourth-order valence-corrected chi connectivity index (χ4v) is 2.92. The molecule has 2 N–H and O–H groups in total. The maximum atomic E-state index is 13.2. The zero-order chi connectivity index (χ0) is 25.7. The third-order valence-corrected chi connectivity index (χ3v) is 4.42. The number of carbonyl (C=O) groups is 4. The van der Waals surface area contributed by atoms with Crippen LogP contribution in [0.15, 0.2) is 30.3 Å². The Morgan fingerprint density at radius 2 is 1.68 bits per heavy atom. The van der Waals surface area contributed by atoms with Crippen LogP contribution in [0.4, 0.5) is 9.59 Å². The van der Waals surface area contributed by atoms with Gasteiger partial charge in [-0.1, -0.05) is 44.2 Å². The molecule has 0 aliphatic carbocycles. The van der Waals surface area contributed by atoms with Gasteiger partial charge < -0.3 is 29.7 Å². The van der Waals surface area contributed by atoms with Crippen LogP contribution < -0.4 is 10.6 Å². The third kappa shape index (κ3) is 12.1. The van der Waals surface area contributed by atoms with Crippen LogP contribution in [0.3, 0.4) is 0 Å². The van der Waals surface area contributed by atoms with Crippen LogP contribution in [-0.2, 0) is 30.4 Å². The number of esters is 1. The summed E-state index contributed by atoms with van der Waals surface area (Å²) in [6.07, 6.45) is -1.05. The lowest BCUT2D eigenvalue weighted by molar-refractivity contribution is -0.147. The number of alkyl carbamates (subject to hydrolysis) is 2. The van der Waals surface area contributed by atoms with Gasteiger partial charge in [-0.25, -0.2) is 9.59 Å². The van der Waals surface area contributed by atoms with E-state index in [9.17, 15) is 19.2 Å². The van der Waals surface area contributed by atoms with E-state index in [1.165, 1.54) is 12.0 Å². The largest absolute Gasteiger partial charge is 0.468 e. The molecule has 3 amide bonds. The average molecular weight is 480 g/mol. The summed E-state index contributed by atoms with van der Waals surface area (Å²) in [6.45, 7) is 8.80. The molecule has 1 rings (SSSR count). The number of hydrogen-bond acceptors (Lipinski definition) is 7. The average Bonchev–Trinajstić information content (AvgIpc) is 2.75. The molecule has 190 valence electrons. The molecule has 0 unspecified atom stereocenters. The molecule has 0 saturated carbocycles. The van der Waals surface area contributed by atoms with Gasteiger partial charge in [-0.3, -0.25) is 9.59 Å². The van der Waals surface area contributed by atoms with Crippen molar-refractivity contribution in [3.8, 4) is 0 Å². The van der Waals surface area contributed by atoms with Crippen molar-refractivity contribution in [3.63, 3.8) is 0 Å². The highest BCUT2D eigenvalue weighted by molar-refractivity contribution is 5.88. The molecule has 0 aliphatic rings. The Morgan fingerprint density at radius 3 is 2.24 bits per heavy atom. The highest BCUT2D eigenvalue weighted by atomic mass is 16.6. The number of amides is 3. The molecule has 0 saturated heterocycles. The summed E-state index contributed by atoms with van der Waals surface area (Å²) >= 11 is 0. The summed E-state index contributed by atoms with van der Waals surface area (Å²) in [5.74, 6) is -1.03. The van der Waals surface area contributed by atoms with Gasteiger partial charge in [0.2, 0.25) is 5.91 Å². The predicted octanol–water partition coefficient (Wildman–Crippen LogP) is 2.85. The van der Waals surface area contributed by atoms with Crippen molar-refractivity contribution in [1.82, 2.24) is 15.5 Å². The van der Waals surface area contributed by atoms with Crippen molar-refractivity contribution in [2.24, 2.45) is 5.92 Å². The highest BCUT2D eigenvalue weighted by Gasteiger charge is 2.30. The lowest BCUT2D eigenvalue weighted by Crippen LogP contribution is -2.52.